The number of amides is 1. The number of aryl methyl sites for hydroxylation is 1. The Morgan fingerprint density at radius 2 is 1.89 bits per heavy atom. The second kappa shape index (κ2) is 9.46. The van der Waals surface area contributed by atoms with Crippen LogP contribution in [0.25, 0.3) is 16.9 Å². The van der Waals surface area contributed by atoms with Crippen molar-refractivity contribution in [1.82, 2.24) is 24.3 Å². The van der Waals surface area contributed by atoms with Crippen molar-refractivity contribution < 1.29 is 14.3 Å². The third kappa shape index (κ3) is 4.46. The Balaban J connectivity index is 1.38. The molecule has 3 aromatic heterocycles. The molecule has 5 rings (SSSR count). The quantitative estimate of drug-likeness (QED) is 0.355. The van der Waals surface area contributed by atoms with E-state index in [2.05, 4.69) is 20.3 Å². The van der Waals surface area contributed by atoms with Gasteiger partial charge in [0.05, 0.1) is 11.9 Å². The lowest BCUT2D eigenvalue weighted by atomic mass is 10.1. The van der Waals surface area contributed by atoms with Gasteiger partial charge in [0.1, 0.15) is 0 Å². The van der Waals surface area contributed by atoms with Gasteiger partial charge in [0.15, 0.2) is 23.0 Å². The fraction of sp³-hybridized carbons (Fsp3) is 0.111. The average molecular weight is 483 g/mol. The summed E-state index contributed by atoms with van der Waals surface area (Å²) in [5.74, 6) is -0.671. The molecule has 0 saturated carbocycles. The highest BCUT2D eigenvalue weighted by molar-refractivity contribution is 5.96. The van der Waals surface area contributed by atoms with Gasteiger partial charge in [-0.15, -0.1) is 0 Å². The number of carbonyl (C=O) groups is 1. The molecule has 0 aliphatic carbocycles. The van der Waals surface area contributed by atoms with Crippen LogP contribution in [0.2, 0.25) is 0 Å². The summed E-state index contributed by atoms with van der Waals surface area (Å²) in [6.07, 6.45) is 8.40. The molecule has 180 valence electrons. The number of rotatable bonds is 6. The number of carbonyl (C=O) groups excluding carboxylic acids is 1. The summed E-state index contributed by atoms with van der Waals surface area (Å²) in [4.78, 5) is 27.6. The summed E-state index contributed by atoms with van der Waals surface area (Å²) in [7, 11) is 1.77. The van der Waals surface area contributed by atoms with E-state index in [0.717, 1.165) is 16.8 Å². The Kier molecular flexibility index (Phi) is 6.03. The highest BCUT2D eigenvalue weighted by atomic mass is 19.1. The molecule has 5 aromatic rings. The number of nitrogens with one attached hydrogen (secondary N) is 1. The topological polar surface area (TPSA) is 95.7 Å². The molecule has 2 N–H and O–H groups in total. The molecular weight excluding hydrogens is 459 g/mol. The number of hydrogen-bond donors (Lipinski definition) is 2. The van der Waals surface area contributed by atoms with Crippen LogP contribution in [0.1, 0.15) is 21.5 Å². The second-order valence-electron chi connectivity index (χ2n) is 8.45. The van der Waals surface area contributed by atoms with Crippen molar-refractivity contribution in [2.45, 2.75) is 13.5 Å². The van der Waals surface area contributed by atoms with E-state index in [1.807, 2.05) is 31.2 Å². The number of phenols is 1. The predicted molar refractivity (Wildman–Crippen MR) is 135 cm³/mol. The summed E-state index contributed by atoms with van der Waals surface area (Å²) in [5.41, 5.74) is 4.97. The molecule has 0 radical (unpaired) electrons. The smallest absolute Gasteiger partial charge is 0.254 e. The number of halogens is 1. The Labute approximate surface area is 206 Å². The van der Waals surface area contributed by atoms with Gasteiger partial charge in [0, 0.05) is 55.2 Å². The Morgan fingerprint density at radius 1 is 1.08 bits per heavy atom. The molecule has 0 aliphatic heterocycles. The van der Waals surface area contributed by atoms with E-state index >= 15 is 0 Å². The van der Waals surface area contributed by atoms with Crippen molar-refractivity contribution in [3.05, 3.63) is 102 Å². The maximum absolute atomic E-state index is 13.9. The first-order valence-corrected chi connectivity index (χ1v) is 11.2. The molecule has 0 saturated heterocycles. The number of anilines is 2. The minimum absolute atomic E-state index is 0.0740. The van der Waals surface area contributed by atoms with Crippen LogP contribution in [0.4, 0.5) is 15.9 Å². The maximum Gasteiger partial charge on any atom is 0.254 e. The van der Waals surface area contributed by atoms with Crippen LogP contribution in [0.5, 0.6) is 5.75 Å². The molecule has 9 heteroatoms. The van der Waals surface area contributed by atoms with Gasteiger partial charge in [-0.05, 0) is 66.6 Å². The van der Waals surface area contributed by atoms with E-state index < -0.39 is 11.6 Å². The lowest BCUT2D eigenvalue weighted by Gasteiger charge is -2.19. The third-order valence-corrected chi connectivity index (χ3v) is 5.91. The molecule has 0 atom stereocenters. The number of aromatic hydroxyl groups is 1. The lowest BCUT2D eigenvalue weighted by Crippen LogP contribution is -2.26. The molecular formula is C27H23FN6O2. The number of phenolic OH excluding ortho intramolecular Hbond substituents is 1. The molecule has 36 heavy (non-hydrogen) atoms. The number of pyridine rings is 1. The summed E-state index contributed by atoms with van der Waals surface area (Å²) in [6, 6.07) is 13.5. The van der Waals surface area contributed by atoms with Crippen molar-refractivity contribution in [3.8, 4) is 17.0 Å². The first kappa shape index (κ1) is 23.0. The number of imidazole rings is 1. The molecule has 2 aromatic carbocycles. The van der Waals surface area contributed by atoms with Crippen LogP contribution >= 0.6 is 0 Å². The highest BCUT2D eigenvalue weighted by Crippen LogP contribution is 2.28. The minimum Gasteiger partial charge on any atom is -0.505 e. The highest BCUT2D eigenvalue weighted by Gasteiger charge is 2.16. The van der Waals surface area contributed by atoms with Crippen molar-refractivity contribution in [1.29, 1.82) is 0 Å². The van der Waals surface area contributed by atoms with Crippen LogP contribution in [-0.2, 0) is 6.54 Å². The van der Waals surface area contributed by atoms with Crippen molar-refractivity contribution in [2.75, 3.05) is 12.4 Å². The Morgan fingerprint density at radius 3 is 2.64 bits per heavy atom. The van der Waals surface area contributed by atoms with E-state index in [4.69, 9.17) is 0 Å². The van der Waals surface area contributed by atoms with Gasteiger partial charge in [0.25, 0.3) is 5.91 Å². The van der Waals surface area contributed by atoms with Crippen molar-refractivity contribution >= 4 is 23.1 Å². The molecule has 0 spiro atoms. The molecule has 1 amide bonds. The van der Waals surface area contributed by atoms with E-state index in [1.165, 1.54) is 12.1 Å². The summed E-state index contributed by atoms with van der Waals surface area (Å²) < 4.78 is 15.7. The van der Waals surface area contributed by atoms with Crippen LogP contribution in [0.15, 0.2) is 79.5 Å². The van der Waals surface area contributed by atoms with E-state index in [-0.39, 0.29) is 5.91 Å². The molecule has 3 heterocycles. The van der Waals surface area contributed by atoms with Crippen LogP contribution < -0.4 is 5.32 Å². The zero-order valence-electron chi connectivity index (χ0n) is 19.7. The molecule has 0 bridgehead atoms. The van der Waals surface area contributed by atoms with E-state index in [1.54, 1.807) is 59.5 Å². The van der Waals surface area contributed by atoms with Gasteiger partial charge in [-0.3, -0.25) is 14.2 Å². The number of benzene rings is 2. The molecule has 8 nitrogen and oxygen atoms in total. The fourth-order valence-corrected chi connectivity index (χ4v) is 4.04. The van der Waals surface area contributed by atoms with Crippen LogP contribution in [0.3, 0.4) is 0 Å². The molecule has 0 fully saturated rings. The summed E-state index contributed by atoms with van der Waals surface area (Å²) in [5, 5.41) is 12.8. The number of aromatic nitrogens is 4. The SMILES string of the molecule is Cc1cc(Nc2nccn3c(-c4ccc(O)c(F)c4)cnc23)ccc1C(=O)N(C)Cc1ccncc1. The second-order valence-corrected chi connectivity index (χ2v) is 8.45. The van der Waals surface area contributed by atoms with Gasteiger partial charge >= 0.3 is 0 Å². The van der Waals surface area contributed by atoms with E-state index in [0.29, 0.717) is 34.8 Å². The predicted octanol–water partition coefficient (Wildman–Crippen LogP) is 4.96. The number of nitrogens with zero attached hydrogens (tertiary/aromatic N) is 5. The lowest BCUT2D eigenvalue weighted by molar-refractivity contribution is 0.0784. The summed E-state index contributed by atoms with van der Waals surface area (Å²) in [6.45, 7) is 2.37. The molecule has 0 aliphatic rings. The van der Waals surface area contributed by atoms with Crippen LogP contribution in [-0.4, -0.2) is 42.3 Å². The Bertz CT molecular complexity index is 1570. The average Bonchev–Trinajstić information content (AvgIpc) is 3.31. The molecule has 0 unspecified atom stereocenters. The van der Waals surface area contributed by atoms with Gasteiger partial charge in [-0.25, -0.2) is 14.4 Å². The monoisotopic (exact) mass is 482 g/mol. The Hall–Kier alpha value is -4.79. The maximum atomic E-state index is 13.9. The van der Waals surface area contributed by atoms with E-state index in [9.17, 15) is 14.3 Å². The zero-order chi connectivity index (χ0) is 25.2. The largest absolute Gasteiger partial charge is 0.505 e. The third-order valence-electron chi connectivity index (χ3n) is 5.91. The minimum atomic E-state index is -0.702. The number of hydrogen-bond acceptors (Lipinski definition) is 6. The zero-order valence-corrected chi connectivity index (χ0v) is 19.7. The standard InChI is InChI=1S/C27H23FN6O2/c1-17-13-20(4-5-21(17)27(36)33(2)16-18-7-9-29-10-8-18)32-25-26-31-15-23(34(26)12-11-30-25)19-3-6-24(35)22(28)14-19/h3-15,35H,16H2,1-2H3,(H,30,32). The van der Waals surface area contributed by atoms with Gasteiger partial charge in [-0.1, -0.05) is 0 Å². The van der Waals surface area contributed by atoms with Crippen molar-refractivity contribution in [2.24, 2.45) is 0 Å². The first-order chi connectivity index (χ1) is 17.4. The summed E-state index contributed by atoms with van der Waals surface area (Å²) >= 11 is 0. The normalized spacial score (nSPS) is 11.0. The first-order valence-electron chi connectivity index (χ1n) is 11.2. The van der Waals surface area contributed by atoms with Crippen LogP contribution in [0, 0.1) is 12.7 Å². The number of fused-ring (bicyclic) bond motifs is 1. The van der Waals surface area contributed by atoms with Gasteiger partial charge in [-0.2, -0.15) is 0 Å². The van der Waals surface area contributed by atoms with Gasteiger partial charge < -0.3 is 15.3 Å². The fourth-order valence-electron chi connectivity index (χ4n) is 4.04. The van der Waals surface area contributed by atoms with Gasteiger partial charge in [0.2, 0.25) is 0 Å². The van der Waals surface area contributed by atoms with Crippen molar-refractivity contribution in [3.63, 3.8) is 0 Å².